The number of hydrogen-bond donors (Lipinski definition) is 0. The van der Waals surface area contributed by atoms with Crippen molar-refractivity contribution in [3.8, 4) is 5.75 Å². The summed E-state index contributed by atoms with van der Waals surface area (Å²) in [5, 5.41) is 0. The smallest absolute Gasteiger partial charge is 0.377 e. The predicted octanol–water partition coefficient (Wildman–Crippen LogP) is 1.27. The average molecular weight is 169 g/mol. The summed E-state index contributed by atoms with van der Waals surface area (Å²) in [6.07, 6.45) is 1.34. The van der Waals surface area contributed by atoms with Crippen molar-refractivity contribution in [3.05, 3.63) is 28.8 Å². The third-order valence-corrected chi connectivity index (χ3v) is 1.64. The molecule has 0 saturated carbocycles. The van der Waals surface area contributed by atoms with Crippen LogP contribution in [0.25, 0.3) is 0 Å². The van der Waals surface area contributed by atoms with Gasteiger partial charge in [0.2, 0.25) is 0 Å². The van der Waals surface area contributed by atoms with E-state index in [4.69, 9.17) is 4.43 Å². The van der Waals surface area contributed by atoms with Crippen molar-refractivity contribution in [2.45, 2.75) is 13.1 Å². The fourth-order valence-corrected chi connectivity index (χ4v) is 1.24. The first-order valence-electron chi connectivity index (χ1n) is 3.26. The first-order chi connectivity index (χ1) is 5.20. The summed E-state index contributed by atoms with van der Waals surface area (Å²) in [4.78, 5) is 10.9. The molecule has 1 aromatic heterocycles. The molecule has 11 heavy (non-hydrogen) atoms. The van der Waals surface area contributed by atoms with E-state index in [1.54, 1.807) is 12.1 Å². The highest BCUT2D eigenvalue weighted by Gasteiger charge is 2.03. The van der Waals surface area contributed by atoms with Crippen molar-refractivity contribution in [1.82, 2.24) is 0 Å². The molecule has 0 unspecified atom stereocenters. The zero-order valence-corrected chi connectivity index (χ0v) is 7.46. The third kappa shape index (κ3) is 2.23. The highest BCUT2D eigenvalue weighted by Crippen LogP contribution is 2.02. The maximum Gasteiger partial charge on any atom is 0.377 e. The van der Waals surface area contributed by atoms with Crippen LogP contribution in [0.15, 0.2) is 27.6 Å². The molecule has 59 valence electrons. The van der Waals surface area contributed by atoms with Crippen LogP contribution < -0.4 is 10.1 Å². The van der Waals surface area contributed by atoms with Crippen molar-refractivity contribution in [2.24, 2.45) is 0 Å². The Bertz CT molecular complexity index is 279. The highest BCUT2D eigenvalue weighted by atomic mass is 28.3. The molecule has 0 spiro atoms. The van der Waals surface area contributed by atoms with E-state index in [9.17, 15) is 4.79 Å². The molecule has 0 N–H and O–H groups in total. The monoisotopic (exact) mass is 169 g/mol. The normalized spacial score (nSPS) is 10.1. The molecule has 1 aromatic rings. The second kappa shape index (κ2) is 3.38. The molecule has 0 fully saturated rings. The van der Waals surface area contributed by atoms with Gasteiger partial charge in [-0.2, -0.15) is 0 Å². The van der Waals surface area contributed by atoms with Crippen LogP contribution in [0.2, 0.25) is 13.1 Å². The molecule has 0 atom stereocenters. The number of rotatable bonds is 2. The molecule has 0 aliphatic rings. The van der Waals surface area contributed by atoms with Crippen LogP contribution in [0.4, 0.5) is 0 Å². The SMILES string of the molecule is C[Si](C)Oc1cccoc1=O. The molecular weight excluding hydrogens is 160 g/mol. The zero-order chi connectivity index (χ0) is 8.27. The van der Waals surface area contributed by atoms with Gasteiger partial charge in [-0.25, -0.2) is 4.79 Å². The van der Waals surface area contributed by atoms with Crippen LogP contribution >= 0.6 is 0 Å². The standard InChI is InChI=1S/C7H9O3Si/c1-11(2)10-6-4-3-5-9-7(6)8/h3-5H,1-2H3. The van der Waals surface area contributed by atoms with E-state index >= 15 is 0 Å². The summed E-state index contributed by atoms with van der Waals surface area (Å²) in [5.41, 5.74) is -0.404. The van der Waals surface area contributed by atoms with E-state index < -0.39 is 14.7 Å². The van der Waals surface area contributed by atoms with Crippen LogP contribution in [0.3, 0.4) is 0 Å². The fraction of sp³-hybridized carbons (Fsp3) is 0.286. The Labute approximate surface area is 66.3 Å². The molecule has 0 aliphatic heterocycles. The van der Waals surface area contributed by atoms with Gasteiger partial charge in [-0.05, 0) is 25.2 Å². The van der Waals surface area contributed by atoms with E-state index in [2.05, 4.69) is 4.42 Å². The third-order valence-electron chi connectivity index (χ3n) is 1.02. The largest absolute Gasteiger partial charge is 0.538 e. The van der Waals surface area contributed by atoms with Gasteiger partial charge in [0.05, 0.1) is 6.26 Å². The molecule has 0 aliphatic carbocycles. The average Bonchev–Trinajstić information content (AvgIpc) is 1.93. The molecule has 1 radical (unpaired) electrons. The molecule has 0 aromatic carbocycles. The Morgan fingerprint density at radius 3 is 2.82 bits per heavy atom. The van der Waals surface area contributed by atoms with Gasteiger partial charge in [-0.1, -0.05) is 0 Å². The Morgan fingerprint density at radius 1 is 1.55 bits per heavy atom. The highest BCUT2D eigenvalue weighted by molar-refractivity contribution is 6.49. The minimum Gasteiger partial charge on any atom is -0.538 e. The van der Waals surface area contributed by atoms with Crippen LogP contribution in [-0.2, 0) is 0 Å². The molecule has 4 heteroatoms. The van der Waals surface area contributed by atoms with Gasteiger partial charge in [0.25, 0.3) is 9.04 Å². The maximum atomic E-state index is 10.9. The second-order valence-electron chi connectivity index (χ2n) is 2.28. The molecule has 3 nitrogen and oxygen atoms in total. The van der Waals surface area contributed by atoms with Crippen molar-refractivity contribution in [3.63, 3.8) is 0 Å². The first kappa shape index (κ1) is 8.07. The van der Waals surface area contributed by atoms with E-state index in [0.717, 1.165) is 0 Å². The van der Waals surface area contributed by atoms with Crippen LogP contribution in [0.5, 0.6) is 5.75 Å². The van der Waals surface area contributed by atoms with E-state index in [-0.39, 0.29) is 0 Å². The summed E-state index contributed by atoms with van der Waals surface area (Å²) >= 11 is 0. The molecule has 0 amide bonds. The van der Waals surface area contributed by atoms with Crippen LogP contribution in [0, 0.1) is 0 Å². The first-order valence-corrected chi connectivity index (χ1v) is 5.67. The lowest BCUT2D eigenvalue weighted by molar-refractivity contribution is 0.461. The quantitative estimate of drug-likeness (QED) is 0.626. The van der Waals surface area contributed by atoms with Gasteiger partial charge >= 0.3 is 5.63 Å². The van der Waals surface area contributed by atoms with Gasteiger partial charge in [0.1, 0.15) is 0 Å². The van der Waals surface area contributed by atoms with Crippen LogP contribution in [-0.4, -0.2) is 9.04 Å². The lowest BCUT2D eigenvalue weighted by Gasteiger charge is -2.04. The van der Waals surface area contributed by atoms with Crippen LogP contribution in [0.1, 0.15) is 0 Å². The zero-order valence-electron chi connectivity index (χ0n) is 6.46. The minimum atomic E-state index is -0.869. The van der Waals surface area contributed by atoms with Gasteiger partial charge in [-0.3, -0.25) is 0 Å². The molecule has 1 rings (SSSR count). The van der Waals surface area contributed by atoms with E-state index in [0.29, 0.717) is 5.75 Å². The van der Waals surface area contributed by atoms with Gasteiger partial charge < -0.3 is 8.84 Å². The molecule has 1 heterocycles. The summed E-state index contributed by atoms with van der Waals surface area (Å²) in [6, 6.07) is 3.26. The lowest BCUT2D eigenvalue weighted by atomic mass is 10.5. The van der Waals surface area contributed by atoms with Gasteiger partial charge in [0, 0.05) is 0 Å². The minimum absolute atomic E-state index is 0.311. The van der Waals surface area contributed by atoms with E-state index in [1.165, 1.54) is 6.26 Å². The predicted molar refractivity (Wildman–Crippen MR) is 43.1 cm³/mol. The molecular formula is C7H9O3Si. The lowest BCUT2D eigenvalue weighted by Crippen LogP contribution is -2.16. The Morgan fingerprint density at radius 2 is 2.27 bits per heavy atom. The number of hydrogen-bond acceptors (Lipinski definition) is 3. The maximum absolute atomic E-state index is 10.9. The Balaban J connectivity index is 2.87. The summed E-state index contributed by atoms with van der Waals surface area (Å²) in [5.74, 6) is 0.311. The van der Waals surface area contributed by atoms with Gasteiger partial charge in [0.15, 0.2) is 5.75 Å². The van der Waals surface area contributed by atoms with Crippen molar-refractivity contribution in [1.29, 1.82) is 0 Å². The topological polar surface area (TPSA) is 39.4 Å². The van der Waals surface area contributed by atoms with Crippen molar-refractivity contribution >= 4 is 9.04 Å². The molecule has 0 bridgehead atoms. The summed E-state index contributed by atoms with van der Waals surface area (Å²) < 4.78 is 9.84. The second-order valence-corrected chi connectivity index (χ2v) is 4.30. The van der Waals surface area contributed by atoms with Gasteiger partial charge in [-0.15, -0.1) is 0 Å². The van der Waals surface area contributed by atoms with Crippen molar-refractivity contribution < 1.29 is 8.84 Å². The van der Waals surface area contributed by atoms with E-state index in [1.807, 2.05) is 13.1 Å². The fourth-order valence-electron chi connectivity index (χ4n) is 0.649. The molecule has 0 saturated heterocycles. The summed E-state index contributed by atoms with van der Waals surface area (Å²) in [6.45, 7) is 3.91. The van der Waals surface area contributed by atoms with Crippen molar-refractivity contribution in [2.75, 3.05) is 0 Å². The summed E-state index contributed by atoms with van der Waals surface area (Å²) in [7, 11) is -0.869. The Kier molecular flexibility index (Phi) is 2.48. The Hall–Kier alpha value is -1.03.